The van der Waals surface area contributed by atoms with Crippen molar-refractivity contribution in [2.24, 2.45) is 0 Å². The maximum Gasteiger partial charge on any atom is 0.129 e. The molecule has 0 radical (unpaired) electrons. The fourth-order valence-corrected chi connectivity index (χ4v) is 2.66. The minimum atomic E-state index is -0.439. The number of ether oxygens (including phenoxy) is 1. The number of hydrogen-bond acceptors (Lipinski definition) is 5. The van der Waals surface area contributed by atoms with Gasteiger partial charge in [-0.15, -0.1) is 0 Å². The molecule has 1 fully saturated rings. The van der Waals surface area contributed by atoms with E-state index in [-0.39, 0.29) is 0 Å². The Hall–Kier alpha value is -0.880. The quantitative estimate of drug-likeness (QED) is 0.814. The zero-order chi connectivity index (χ0) is 14.4. The fraction of sp³-hybridized carbons (Fsp3) is 0.733. The zero-order valence-corrected chi connectivity index (χ0v) is 12.5. The number of aliphatic hydroxyl groups excluding tert-OH is 1. The molecular formula is C15H26N2O3. The summed E-state index contributed by atoms with van der Waals surface area (Å²) in [5, 5.41) is 10.0. The number of furan rings is 1. The van der Waals surface area contributed by atoms with Crippen molar-refractivity contribution in [3.05, 3.63) is 24.2 Å². The van der Waals surface area contributed by atoms with Crippen LogP contribution in [0, 0.1) is 0 Å². The van der Waals surface area contributed by atoms with E-state index in [0.29, 0.717) is 25.8 Å². The molecule has 20 heavy (non-hydrogen) atoms. The van der Waals surface area contributed by atoms with Crippen LogP contribution in [0.15, 0.2) is 22.8 Å². The molecule has 1 aliphatic rings. The smallest absolute Gasteiger partial charge is 0.129 e. The SMILES string of the molecule is CN(C)C1CCCN(CC(O)COCc2ccco2)C1. The maximum atomic E-state index is 10.0. The molecule has 0 amide bonds. The van der Waals surface area contributed by atoms with Gasteiger partial charge in [0.25, 0.3) is 0 Å². The average molecular weight is 282 g/mol. The Balaban J connectivity index is 1.64. The predicted octanol–water partition coefficient (Wildman–Crippen LogP) is 1.18. The van der Waals surface area contributed by atoms with Crippen LogP contribution in [0.1, 0.15) is 18.6 Å². The average Bonchev–Trinajstić information content (AvgIpc) is 2.92. The minimum absolute atomic E-state index is 0.351. The highest BCUT2D eigenvalue weighted by Crippen LogP contribution is 2.14. The number of β-amino-alcohol motifs (C(OH)–C–C–N with tert-alkyl or cyclic N) is 1. The summed E-state index contributed by atoms with van der Waals surface area (Å²) < 4.78 is 10.7. The van der Waals surface area contributed by atoms with Crippen molar-refractivity contribution < 1.29 is 14.3 Å². The second kappa shape index (κ2) is 7.78. The van der Waals surface area contributed by atoms with E-state index < -0.39 is 6.10 Å². The molecule has 2 rings (SSSR count). The van der Waals surface area contributed by atoms with Gasteiger partial charge >= 0.3 is 0 Å². The van der Waals surface area contributed by atoms with Gasteiger partial charge in [-0.1, -0.05) is 0 Å². The van der Waals surface area contributed by atoms with Crippen molar-refractivity contribution in [1.29, 1.82) is 0 Å². The molecular weight excluding hydrogens is 256 g/mol. The standard InChI is InChI=1S/C15H26N2O3/c1-16(2)13-5-3-7-17(9-13)10-14(18)11-19-12-15-6-4-8-20-15/h4,6,8,13-14,18H,3,5,7,9-12H2,1-2H3. The maximum absolute atomic E-state index is 10.0. The molecule has 1 saturated heterocycles. The van der Waals surface area contributed by atoms with E-state index >= 15 is 0 Å². The first-order chi connectivity index (χ1) is 9.65. The van der Waals surface area contributed by atoms with E-state index in [0.717, 1.165) is 18.8 Å². The van der Waals surface area contributed by atoms with Crippen molar-refractivity contribution in [2.45, 2.75) is 31.6 Å². The third kappa shape index (κ3) is 4.90. The van der Waals surface area contributed by atoms with Gasteiger partial charge in [-0.3, -0.25) is 4.90 Å². The van der Waals surface area contributed by atoms with Crippen LogP contribution in [0.4, 0.5) is 0 Å². The van der Waals surface area contributed by atoms with Gasteiger partial charge in [0.15, 0.2) is 0 Å². The van der Waals surface area contributed by atoms with Gasteiger partial charge in [-0.25, -0.2) is 0 Å². The summed E-state index contributed by atoms with van der Waals surface area (Å²) >= 11 is 0. The molecule has 0 aliphatic carbocycles. The summed E-state index contributed by atoms with van der Waals surface area (Å²) in [6.07, 6.45) is 3.63. The van der Waals surface area contributed by atoms with Gasteiger partial charge in [-0.2, -0.15) is 0 Å². The van der Waals surface area contributed by atoms with Gasteiger partial charge in [0.1, 0.15) is 12.4 Å². The van der Waals surface area contributed by atoms with Crippen molar-refractivity contribution >= 4 is 0 Å². The van der Waals surface area contributed by atoms with E-state index in [4.69, 9.17) is 9.15 Å². The van der Waals surface area contributed by atoms with Gasteiger partial charge in [-0.05, 0) is 45.6 Å². The Morgan fingerprint density at radius 2 is 2.40 bits per heavy atom. The molecule has 1 aliphatic heterocycles. The number of piperidine rings is 1. The third-order valence-electron chi connectivity index (χ3n) is 3.81. The van der Waals surface area contributed by atoms with Gasteiger partial charge in [0.05, 0.1) is 19.0 Å². The van der Waals surface area contributed by atoms with Crippen LogP contribution < -0.4 is 0 Å². The summed E-state index contributed by atoms with van der Waals surface area (Å²) in [5.41, 5.74) is 0. The van der Waals surface area contributed by atoms with Crippen molar-refractivity contribution in [1.82, 2.24) is 9.80 Å². The van der Waals surface area contributed by atoms with E-state index in [1.807, 2.05) is 12.1 Å². The van der Waals surface area contributed by atoms with Gasteiger partial charge in [0, 0.05) is 19.1 Å². The van der Waals surface area contributed by atoms with Crippen LogP contribution in [0.2, 0.25) is 0 Å². The highest BCUT2D eigenvalue weighted by molar-refractivity contribution is 4.96. The number of likely N-dealkylation sites (tertiary alicyclic amines) is 1. The second-order valence-electron chi connectivity index (χ2n) is 5.77. The molecule has 5 heteroatoms. The predicted molar refractivity (Wildman–Crippen MR) is 77.5 cm³/mol. The van der Waals surface area contributed by atoms with E-state index in [1.54, 1.807) is 6.26 Å². The lowest BCUT2D eigenvalue weighted by Crippen LogP contribution is -2.47. The van der Waals surface area contributed by atoms with E-state index in [9.17, 15) is 5.11 Å². The molecule has 114 valence electrons. The van der Waals surface area contributed by atoms with Gasteiger partial charge in [0.2, 0.25) is 0 Å². The summed E-state index contributed by atoms with van der Waals surface area (Å²) in [6.45, 7) is 3.55. The molecule has 5 nitrogen and oxygen atoms in total. The third-order valence-corrected chi connectivity index (χ3v) is 3.81. The lowest BCUT2D eigenvalue weighted by atomic mass is 10.0. The topological polar surface area (TPSA) is 49.1 Å². The molecule has 0 saturated carbocycles. The summed E-state index contributed by atoms with van der Waals surface area (Å²) in [4.78, 5) is 4.60. The summed E-state index contributed by atoms with van der Waals surface area (Å²) in [6, 6.07) is 4.31. The molecule has 2 atom stereocenters. The zero-order valence-electron chi connectivity index (χ0n) is 12.5. The molecule has 2 heterocycles. The van der Waals surface area contributed by atoms with E-state index in [2.05, 4.69) is 23.9 Å². The number of nitrogens with zero attached hydrogens (tertiary/aromatic N) is 2. The second-order valence-corrected chi connectivity index (χ2v) is 5.77. The van der Waals surface area contributed by atoms with Crippen molar-refractivity contribution in [3.8, 4) is 0 Å². The molecule has 2 unspecified atom stereocenters. The first-order valence-electron chi connectivity index (χ1n) is 7.32. The summed E-state index contributed by atoms with van der Waals surface area (Å²) in [7, 11) is 4.24. The largest absolute Gasteiger partial charge is 0.467 e. The Morgan fingerprint density at radius 3 is 3.10 bits per heavy atom. The highest BCUT2D eigenvalue weighted by atomic mass is 16.5. The molecule has 0 spiro atoms. The first-order valence-corrected chi connectivity index (χ1v) is 7.32. The Labute approximate surface area is 121 Å². The van der Waals surface area contributed by atoms with Crippen molar-refractivity contribution in [3.63, 3.8) is 0 Å². The lowest BCUT2D eigenvalue weighted by Gasteiger charge is -2.36. The van der Waals surface area contributed by atoms with Crippen LogP contribution in [-0.4, -0.2) is 67.4 Å². The normalized spacial score (nSPS) is 22.3. The Kier molecular flexibility index (Phi) is 6.04. The number of hydrogen-bond donors (Lipinski definition) is 1. The molecule has 1 aromatic heterocycles. The molecule has 0 aromatic carbocycles. The van der Waals surface area contributed by atoms with Crippen LogP contribution in [-0.2, 0) is 11.3 Å². The molecule has 0 bridgehead atoms. The highest BCUT2D eigenvalue weighted by Gasteiger charge is 2.22. The first kappa shape index (κ1) is 15.5. The van der Waals surface area contributed by atoms with Crippen LogP contribution >= 0.6 is 0 Å². The van der Waals surface area contributed by atoms with Crippen molar-refractivity contribution in [2.75, 3.05) is 40.3 Å². The Bertz CT molecular complexity index is 367. The number of aliphatic hydroxyl groups is 1. The van der Waals surface area contributed by atoms with Gasteiger partial charge < -0.3 is 19.2 Å². The number of rotatable bonds is 7. The minimum Gasteiger partial charge on any atom is -0.467 e. The van der Waals surface area contributed by atoms with E-state index in [1.165, 1.54) is 12.8 Å². The fourth-order valence-electron chi connectivity index (χ4n) is 2.66. The van der Waals surface area contributed by atoms with Crippen LogP contribution in [0.5, 0.6) is 0 Å². The Morgan fingerprint density at radius 1 is 1.55 bits per heavy atom. The molecule has 1 N–H and O–H groups in total. The van der Waals surface area contributed by atoms with Crippen LogP contribution in [0.3, 0.4) is 0 Å². The lowest BCUT2D eigenvalue weighted by molar-refractivity contribution is -0.00296. The van der Waals surface area contributed by atoms with Crippen LogP contribution in [0.25, 0.3) is 0 Å². The monoisotopic (exact) mass is 282 g/mol. The molecule has 1 aromatic rings. The number of likely N-dealkylation sites (N-methyl/N-ethyl adjacent to an activating group) is 1. The summed E-state index contributed by atoms with van der Waals surface area (Å²) in [5.74, 6) is 0.794.